The van der Waals surface area contributed by atoms with Crippen LogP contribution in [0, 0.1) is 20.2 Å². The lowest BCUT2D eigenvalue weighted by Gasteiger charge is -2.22. The standard InChI is InChI=1S/C25H34N8O12/c1-10(19(34)27-11(2)21(36)29-13(4)23(38)31-15(6)25(40)41)26-20(35)12(3)28-22(37)14(5)30-24(39)16-7-17(32(42)43)9-18(8-16)33(44)45/h7-15H,1-6H3,(H,26,35)(H,27,34)(H,28,37)(H,29,36)(H,30,39)(H,31,38)(H,40,41)/t10-,11-,12-,13-,14-,15-/m0/s1. The number of nitrogens with one attached hydrogen (secondary N) is 6. The van der Waals surface area contributed by atoms with Gasteiger partial charge in [-0.25, -0.2) is 0 Å². The topological polar surface area (TPSA) is 298 Å². The number of nitro groups is 2. The van der Waals surface area contributed by atoms with Gasteiger partial charge in [-0.1, -0.05) is 0 Å². The first-order chi connectivity index (χ1) is 20.7. The minimum Gasteiger partial charge on any atom is -0.480 e. The van der Waals surface area contributed by atoms with Crippen molar-refractivity contribution in [1.29, 1.82) is 0 Å². The molecule has 0 aliphatic heterocycles. The van der Waals surface area contributed by atoms with E-state index in [1.54, 1.807) is 0 Å². The van der Waals surface area contributed by atoms with Gasteiger partial charge in [0.25, 0.3) is 17.3 Å². The summed E-state index contributed by atoms with van der Waals surface area (Å²) in [5.41, 5.74) is -1.88. The number of carbonyl (C=O) groups excluding carboxylic acids is 6. The van der Waals surface area contributed by atoms with E-state index in [4.69, 9.17) is 5.11 Å². The summed E-state index contributed by atoms with van der Waals surface area (Å²) in [4.78, 5) is 106. The van der Waals surface area contributed by atoms with E-state index in [-0.39, 0.29) is 0 Å². The van der Waals surface area contributed by atoms with Crippen LogP contribution in [0.5, 0.6) is 0 Å². The van der Waals surface area contributed by atoms with Gasteiger partial charge in [-0.15, -0.1) is 0 Å². The van der Waals surface area contributed by atoms with Crippen LogP contribution in [0.4, 0.5) is 11.4 Å². The zero-order chi connectivity index (χ0) is 34.8. The number of benzene rings is 1. The smallest absolute Gasteiger partial charge is 0.325 e. The quantitative estimate of drug-likeness (QED) is 0.0829. The lowest BCUT2D eigenvalue weighted by Crippen LogP contribution is -2.57. The van der Waals surface area contributed by atoms with Crippen LogP contribution < -0.4 is 31.9 Å². The third kappa shape index (κ3) is 11.5. The van der Waals surface area contributed by atoms with Crippen LogP contribution in [-0.2, 0) is 28.8 Å². The summed E-state index contributed by atoms with van der Waals surface area (Å²) in [5.74, 6) is -6.35. The number of carbonyl (C=O) groups is 7. The monoisotopic (exact) mass is 638 g/mol. The average molecular weight is 639 g/mol. The Bertz CT molecular complexity index is 1350. The molecule has 6 amide bonds. The maximum absolute atomic E-state index is 12.6. The molecule has 0 spiro atoms. The Morgan fingerprint density at radius 1 is 0.533 bits per heavy atom. The van der Waals surface area contributed by atoms with Gasteiger partial charge in [0.05, 0.1) is 21.5 Å². The maximum atomic E-state index is 12.6. The molecule has 246 valence electrons. The zero-order valence-electron chi connectivity index (χ0n) is 25.0. The van der Waals surface area contributed by atoms with Crippen molar-refractivity contribution in [2.24, 2.45) is 0 Å². The van der Waals surface area contributed by atoms with Crippen molar-refractivity contribution < 1.29 is 48.5 Å². The van der Waals surface area contributed by atoms with E-state index in [1.807, 2.05) is 0 Å². The highest BCUT2D eigenvalue weighted by molar-refractivity contribution is 5.99. The lowest BCUT2D eigenvalue weighted by atomic mass is 10.1. The molecular weight excluding hydrogens is 604 g/mol. The van der Waals surface area contributed by atoms with Crippen molar-refractivity contribution in [3.05, 3.63) is 44.0 Å². The van der Waals surface area contributed by atoms with Gasteiger partial charge in [-0.3, -0.25) is 53.8 Å². The van der Waals surface area contributed by atoms with Crippen molar-refractivity contribution >= 4 is 52.8 Å². The molecule has 0 saturated heterocycles. The molecule has 20 nitrogen and oxygen atoms in total. The first-order valence-corrected chi connectivity index (χ1v) is 13.2. The van der Waals surface area contributed by atoms with Gasteiger partial charge in [0.15, 0.2) is 0 Å². The minimum atomic E-state index is -1.30. The number of aliphatic carboxylic acids is 1. The maximum Gasteiger partial charge on any atom is 0.325 e. The van der Waals surface area contributed by atoms with Crippen molar-refractivity contribution in [1.82, 2.24) is 31.9 Å². The molecule has 7 N–H and O–H groups in total. The van der Waals surface area contributed by atoms with Gasteiger partial charge in [-0.2, -0.15) is 0 Å². The van der Waals surface area contributed by atoms with Gasteiger partial charge in [-0.05, 0) is 41.5 Å². The largest absolute Gasteiger partial charge is 0.480 e. The molecule has 0 unspecified atom stereocenters. The molecule has 45 heavy (non-hydrogen) atoms. The van der Waals surface area contributed by atoms with E-state index in [9.17, 15) is 53.8 Å². The Hall–Kier alpha value is -5.69. The zero-order valence-corrected chi connectivity index (χ0v) is 25.0. The Morgan fingerprint density at radius 2 is 0.800 bits per heavy atom. The van der Waals surface area contributed by atoms with Gasteiger partial charge < -0.3 is 37.0 Å². The van der Waals surface area contributed by atoms with Crippen LogP contribution in [0.15, 0.2) is 18.2 Å². The third-order valence-electron chi connectivity index (χ3n) is 6.06. The fourth-order valence-electron chi connectivity index (χ4n) is 3.30. The van der Waals surface area contributed by atoms with E-state index in [0.717, 1.165) is 12.1 Å². The summed E-state index contributed by atoms with van der Waals surface area (Å²) >= 11 is 0. The number of carboxylic acids is 1. The number of nitrogens with zero attached hydrogens (tertiary/aromatic N) is 2. The van der Waals surface area contributed by atoms with Crippen molar-refractivity contribution in [2.45, 2.75) is 77.8 Å². The van der Waals surface area contributed by atoms with Crippen molar-refractivity contribution in [2.75, 3.05) is 0 Å². The predicted molar refractivity (Wildman–Crippen MR) is 152 cm³/mol. The fourth-order valence-corrected chi connectivity index (χ4v) is 3.30. The van der Waals surface area contributed by atoms with Crippen LogP contribution in [0.2, 0.25) is 0 Å². The normalized spacial score (nSPS) is 14.5. The van der Waals surface area contributed by atoms with Crippen molar-refractivity contribution in [3.8, 4) is 0 Å². The molecule has 6 atom stereocenters. The number of amides is 6. The van der Waals surface area contributed by atoms with Gasteiger partial charge >= 0.3 is 5.97 Å². The van der Waals surface area contributed by atoms with E-state index < -0.39 is 104 Å². The summed E-state index contributed by atoms with van der Waals surface area (Å²) in [6.45, 7) is 7.63. The highest BCUT2D eigenvalue weighted by atomic mass is 16.6. The number of rotatable bonds is 15. The summed E-state index contributed by atoms with van der Waals surface area (Å²) in [7, 11) is 0. The van der Waals surface area contributed by atoms with Gasteiger partial charge in [0.2, 0.25) is 29.5 Å². The second kappa shape index (κ2) is 16.2. The molecule has 0 saturated carbocycles. The average Bonchev–Trinajstić information content (AvgIpc) is 2.95. The Balaban J connectivity index is 2.67. The highest BCUT2D eigenvalue weighted by Gasteiger charge is 2.28. The van der Waals surface area contributed by atoms with E-state index in [0.29, 0.717) is 6.07 Å². The molecule has 1 aromatic rings. The first kappa shape index (κ1) is 37.3. The lowest BCUT2D eigenvalue weighted by molar-refractivity contribution is -0.394. The van der Waals surface area contributed by atoms with Crippen LogP contribution >= 0.6 is 0 Å². The van der Waals surface area contributed by atoms with E-state index in [2.05, 4.69) is 31.9 Å². The van der Waals surface area contributed by atoms with Crippen molar-refractivity contribution in [3.63, 3.8) is 0 Å². The highest BCUT2D eigenvalue weighted by Crippen LogP contribution is 2.22. The molecule has 0 fully saturated rings. The molecule has 0 heterocycles. The van der Waals surface area contributed by atoms with Gasteiger partial charge in [0.1, 0.15) is 36.3 Å². The van der Waals surface area contributed by atoms with Crippen LogP contribution in [0.3, 0.4) is 0 Å². The van der Waals surface area contributed by atoms with E-state index in [1.165, 1.54) is 41.5 Å². The predicted octanol–water partition coefficient (Wildman–Crippen LogP) is -1.77. The molecule has 1 rings (SSSR count). The molecule has 0 aliphatic rings. The number of non-ortho nitro benzene ring substituents is 2. The fraction of sp³-hybridized carbons (Fsp3) is 0.480. The summed E-state index contributed by atoms with van der Waals surface area (Å²) < 4.78 is 0. The molecule has 1 aromatic carbocycles. The molecule has 20 heteroatoms. The second-order valence-corrected chi connectivity index (χ2v) is 9.94. The minimum absolute atomic E-state index is 0.449. The number of carboxylic acid groups (broad SMARTS) is 1. The number of nitro benzene ring substituents is 2. The number of hydrogen-bond acceptors (Lipinski definition) is 11. The number of hydrogen-bond donors (Lipinski definition) is 7. The second-order valence-electron chi connectivity index (χ2n) is 9.94. The first-order valence-electron chi connectivity index (χ1n) is 13.2. The molecule has 0 aliphatic carbocycles. The van der Waals surface area contributed by atoms with Crippen LogP contribution in [0.1, 0.15) is 51.9 Å². The molecule has 0 bridgehead atoms. The molecule has 0 aromatic heterocycles. The third-order valence-corrected chi connectivity index (χ3v) is 6.06. The Morgan fingerprint density at radius 3 is 1.07 bits per heavy atom. The summed E-state index contributed by atoms with van der Waals surface area (Å²) in [6, 6.07) is -4.99. The Labute approximate surface area is 255 Å². The summed E-state index contributed by atoms with van der Waals surface area (Å²) in [5, 5.41) is 44.6. The van der Waals surface area contributed by atoms with Crippen LogP contribution in [0.25, 0.3) is 0 Å². The van der Waals surface area contributed by atoms with E-state index >= 15 is 0 Å². The molecular formula is C25H34N8O12. The SMILES string of the molecule is C[C@H](NC(=O)[C@H](C)NC(=O)[C@H](C)NC(=O)[C@H](C)NC(=O)[C@H](C)NC(=O)[C@H](C)NC(=O)c1cc([N+](=O)[O-])cc([N+](=O)[O-])c1)C(=O)O. The van der Waals surface area contributed by atoms with Gasteiger partial charge in [0, 0.05) is 12.1 Å². The summed E-state index contributed by atoms with van der Waals surface area (Å²) in [6.07, 6.45) is 0. The van der Waals surface area contributed by atoms with Crippen LogP contribution in [-0.4, -0.2) is 92.6 Å². The Kier molecular flexibility index (Phi) is 13.5. The molecule has 0 radical (unpaired) electrons.